The van der Waals surface area contributed by atoms with E-state index < -0.39 is 0 Å². The first-order chi connectivity index (χ1) is 15.7. The first kappa shape index (κ1) is 22.6. The van der Waals surface area contributed by atoms with Crippen LogP contribution in [0.3, 0.4) is 0 Å². The molecule has 172 valence electrons. The van der Waals surface area contributed by atoms with E-state index in [0.717, 1.165) is 70.0 Å². The van der Waals surface area contributed by atoms with E-state index in [-0.39, 0.29) is 11.8 Å². The summed E-state index contributed by atoms with van der Waals surface area (Å²) in [6.45, 7) is 6.26. The van der Waals surface area contributed by atoms with Gasteiger partial charge in [-0.25, -0.2) is 0 Å². The van der Waals surface area contributed by atoms with Gasteiger partial charge in [-0.3, -0.25) is 14.6 Å². The summed E-state index contributed by atoms with van der Waals surface area (Å²) in [6.07, 6.45) is 3.05. The van der Waals surface area contributed by atoms with E-state index in [1.165, 1.54) is 16.7 Å². The fourth-order valence-corrected chi connectivity index (χ4v) is 4.87. The average molecular weight is 438 g/mol. The summed E-state index contributed by atoms with van der Waals surface area (Å²) in [5.41, 5.74) is 3.92. The Labute approximate surface area is 191 Å². The number of carbonyl (C=O) groups excluding carboxylic acids is 1. The lowest BCUT2D eigenvalue weighted by Crippen LogP contribution is -2.44. The van der Waals surface area contributed by atoms with Crippen LogP contribution in [-0.2, 0) is 24.3 Å². The maximum absolute atomic E-state index is 12.8. The molecule has 0 saturated carbocycles. The molecule has 0 radical (unpaired) electrons. The lowest BCUT2D eigenvalue weighted by atomic mass is 9.96. The summed E-state index contributed by atoms with van der Waals surface area (Å²) in [4.78, 5) is 17.6. The van der Waals surface area contributed by atoms with Gasteiger partial charge >= 0.3 is 0 Å². The van der Waals surface area contributed by atoms with Gasteiger partial charge in [-0.2, -0.15) is 0 Å². The molecular weight excluding hydrogens is 402 g/mol. The number of methoxy groups -OCH3 is 2. The summed E-state index contributed by atoms with van der Waals surface area (Å²) in [7, 11) is 3.35. The van der Waals surface area contributed by atoms with Gasteiger partial charge in [-0.05, 0) is 54.6 Å². The average Bonchev–Trinajstić information content (AvgIpc) is 2.83. The van der Waals surface area contributed by atoms with Gasteiger partial charge in [0.15, 0.2) is 11.5 Å². The van der Waals surface area contributed by atoms with Crippen molar-refractivity contribution in [1.82, 2.24) is 15.1 Å². The van der Waals surface area contributed by atoms with E-state index in [2.05, 4.69) is 51.5 Å². The number of likely N-dealkylation sites (tertiary alicyclic amines) is 1. The zero-order valence-corrected chi connectivity index (χ0v) is 19.3. The van der Waals surface area contributed by atoms with Crippen LogP contribution in [0.2, 0.25) is 0 Å². The Morgan fingerprint density at radius 3 is 2.53 bits per heavy atom. The molecule has 1 fully saturated rings. The van der Waals surface area contributed by atoms with Crippen LogP contribution in [0.1, 0.15) is 29.5 Å². The standard InChI is InChI=1S/C26H35N3O3/c1-31-24-15-21-10-13-28(19-23(21)16-25(24)32-2)14-11-27-26(30)22-9-6-12-29(18-22)17-20-7-4-3-5-8-20/h3-5,7-8,15-16,22H,6,9-14,17-19H2,1-2H3,(H,27,30). The van der Waals surface area contributed by atoms with E-state index in [4.69, 9.17) is 9.47 Å². The van der Waals surface area contributed by atoms with Crippen LogP contribution < -0.4 is 14.8 Å². The minimum atomic E-state index is 0.0891. The van der Waals surface area contributed by atoms with Crippen LogP contribution in [0, 0.1) is 5.92 Å². The van der Waals surface area contributed by atoms with Crippen molar-refractivity contribution in [3.05, 3.63) is 59.2 Å². The number of benzene rings is 2. The fourth-order valence-electron chi connectivity index (χ4n) is 4.87. The van der Waals surface area contributed by atoms with E-state index in [9.17, 15) is 4.79 Å². The highest BCUT2D eigenvalue weighted by molar-refractivity contribution is 5.78. The summed E-state index contributed by atoms with van der Waals surface area (Å²) in [6, 6.07) is 14.7. The second kappa shape index (κ2) is 10.8. The number of ether oxygens (including phenoxy) is 2. The van der Waals surface area contributed by atoms with Gasteiger partial charge in [0.05, 0.1) is 20.1 Å². The molecular formula is C26H35N3O3. The zero-order valence-electron chi connectivity index (χ0n) is 19.3. The van der Waals surface area contributed by atoms with Crippen molar-refractivity contribution >= 4 is 5.91 Å². The lowest BCUT2D eigenvalue weighted by Gasteiger charge is -2.32. The largest absolute Gasteiger partial charge is 0.493 e. The van der Waals surface area contributed by atoms with Crippen molar-refractivity contribution in [2.45, 2.75) is 32.4 Å². The van der Waals surface area contributed by atoms with Gasteiger partial charge < -0.3 is 14.8 Å². The summed E-state index contributed by atoms with van der Waals surface area (Å²) >= 11 is 0. The SMILES string of the molecule is COc1cc2c(cc1OC)CN(CCNC(=O)C1CCCN(Cc3ccccc3)C1)CC2. The van der Waals surface area contributed by atoms with Crippen LogP contribution in [0.4, 0.5) is 0 Å². The Kier molecular flexibility index (Phi) is 7.66. The fraction of sp³-hybridized carbons (Fsp3) is 0.500. The Hall–Kier alpha value is -2.57. The van der Waals surface area contributed by atoms with Crippen LogP contribution in [-0.4, -0.2) is 62.7 Å². The minimum absolute atomic E-state index is 0.0891. The number of carbonyl (C=O) groups is 1. The molecule has 1 unspecified atom stereocenters. The highest BCUT2D eigenvalue weighted by atomic mass is 16.5. The molecule has 0 spiro atoms. The second-order valence-corrected chi connectivity index (χ2v) is 8.85. The summed E-state index contributed by atoms with van der Waals surface area (Å²) < 4.78 is 10.9. The Morgan fingerprint density at radius 2 is 1.78 bits per heavy atom. The Morgan fingerprint density at radius 1 is 1.03 bits per heavy atom. The normalized spacial score (nSPS) is 19.2. The third-order valence-corrected chi connectivity index (χ3v) is 6.65. The molecule has 2 aromatic rings. The van der Waals surface area contributed by atoms with Crippen LogP contribution >= 0.6 is 0 Å². The maximum Gasteiger partial charge on any atom is 0.224 e. The molecule has 2 aromatic carbocycles. The molecule has 2 aliphatic rings. The molecule has 2 heterocycles. The van der Waals surface area contributed by atoms with E-state index in [1.54, 1.807) is 14.2 Å². The van der Waals surface area contributed by atoms with Crippen molar-refractivity contribution in [2.24, 2.45) is 5.92 Å². The van der Waals surface area contributed by atoms with Crippen LogP contribution in [0.15, 0.2) is 42.5 Å². The molecule has 1 amide bonds. The number of hydrogen-bond donors (Lipinski definition) is 1. The van der Waals surface area contributed by atoms with Gasteiger partial charge in [0.1, 0.15) is 0 Å². The number of nitrogens with one attached hydrogen (secondary N) is 1. The zero-order chi connectivity index (χ0) is 22.3. The topological polar surface area (TPSA) is 54.0 Å². The first-order valence-electron chi connectivity index (χ1n) is 11.7. The van der Waals surface area contributed by atoms with E-state index >= 15 is 0 Å². The quantitative estimate of drug-likeness (QED) is 0.688. The van der Waals surface area contributed by atoms with Crippen molar-refractivity contribution in [2.75, 3.05) is 46.9 Å². The third-order valence-electron chi connectivity index (χ3n) is 6.65. The molecule has 32 heavy (non-hydrogen) atoms. The number of hydrogen-bond acceptors (Lipinski definition) is 5. The first-order valence-corrected chi connectivity index (χ1v) is 11.7. The minimum Gasteiger partial charge on any atom is -0.493 e. The Bertz CT molecular complexity index is 903. The van der Waals surface area contributed by atoms with Gasteiger partial charge in [0.25, 0.3) is 0 Å². The van der Waals surface area contributed by atoms with Gasteiger partial charge in [0, 0.05) is 39.3 Å². The number of rotatable bonds is 8. The number of fused-ring (bicyclic) bond motifs is 1. The highest BCUT2D eigenvalue weighted by Crippen LogP contribution is 2.33. The van der Waals surface area contributed by atoms with Gasteiger partial charge in [-0.1, -0.05) is 30.3 Å². The molecule has 4 rings (SSSR count). The van der Waals surface area contributed by atoms with E-state index in [1.807, 2.05) is 6.07 Å². The highest BCUT2D eigenvalue weighted by Gasteiger charge is 2.26. The maximum atomic E-state index is 12.8. The lowest BCUT2D eigenvalue weighted by molar-refractivity contribution is -0.126. The summed E-state index contributed by atoms with van der Waals surface area (Å²) in [5.74, 6) is 1.86. The smallest absolute Gasteiger partial charge is 0.224 e. The summed E-state index contributed by atoms with van der Waals surface area (Å²) in [5, 5.41) is 3.20. The van der Waals surface area contributed by atoms with Gasteiger partial charge in [-0.15, -0.1) is 0 Å². The van der Waals surface area contributed by atoms with Gasteiger partial charge in [0.2, 0.25) is 5.91 Å². The molecule has 2 aliphatic heterocycles. The predicted molar refractivity (Wildman–Crippen MR) is 126 cm³/mol. The molecule has 0 aromatic heterocycles. The van der Waals surface area contributed by atoms with Crippen molar-refractivity contribution < 1.29 is 14.3 Å². The van der Waals surface area contributed by atoms with Crippen molar-refractivity contribution in [1.29, 1.82) is 0 Å². The van der Waals surface area contributed by atoms with Crippen molar-refractivity contribution in [3.8, 4) is 11.5 Å². The Balaban J connectivity index is 1.23. The van der Waals surface area contributed by atoms with Crippen LogP contribution in [0.25, 0.3) is 0 Å². The van der Waals surface area contributed by atoms with Crippen molar-refractivity contribution in [3.63, 3.8) is 0 Å². The number of piperidine rings is 1. The molecule has 1 N–H and O–H groups in total. The molecule has 0 bridgehead atoms. The van der Waals surface area contributed by atoms with E-state index in [0.29, 0.717) is 6.54 Å². The number of amides is 1. The second-order valence-electron chi connectivity index (χ2n) is 8.85. The van der Waals surface area contributed by atoms with Crippen LogP contribution in [0.5, 0.6) is 11.5 Å². The molecule has 0 aliphatic carbocycles. The predicted octanol–water partition coefficient (Wildman–Crippen LogP) is 3.09. The monoisotopic (exact) mass is 437 g/mol. The molecule has 1 saturated heterocycles. The molecule has 1 atom stereocenters. The molecule has 6 nitrogen and oxygen atoms in total. The molecule has 6 heteroatoms. The number of nitrogens with zero attached hydrogens (tertiary/aromatic N) is 2. The third kappa shape index (κ3) is 5.61.